The molecule has 0 saturated carbocycles. The van der Waals surface area contributed by atoms with Gasteiger partial charge in [0.1, 0.15) is 17.4 Å². The van der Waals surface area contributed by atoms with E-state index in [-0.39, 0.29) is 5.91 Å². The van der Waals surface area contributed by atoms with E-state index >= 15 is 0 Å². The number of hydrogen-bond donors (Lipinski definition) is 0. The number of methoxy groups -OCH3 is 1. The molecule has 2 aromatic heterocycles. The first kappa shape index (κ1) is 23.1. The van der Waals surface area contributed by atoms with Crippen molar-refractivity contribution < 1.29 is 9.53 Å². The molecule has 0 unspecified atom stereocenters. The molecular formula is C26H27ClN6O2. The molecule has 9 heteroatoms. The van der Waals surface area contributed by atoms with E-state index < -0.39 is 0 Å². The highest BCUT2D eigenvalue weighted by Crippen LogP contribution is 2.28. The Hall–Kier alpha value is -3.65. The van der Waals surface area contributed by atoms with Crippen LogP contribution in [0.5, 0.6) is 5.75 Å². The number of rotatable bonds is 5. The van der Waals surface area contributed by atoms with Crippen LogP contribution >= 0.6 is 11.6 Å². The third-order valence-electron chi connectivity index (χ3n) is 6.24. The van der Waals surface area contributed by atoms with E-state index in [4.69, 9.17) is 26.3 Å². The van der Waals surface area contributed by atoms with Gasteiger partial charge in [-0.2, -0.15) is 5.10 Å². The average Bonchev–Trinajstić information content (AvgIpc) is 3.17. The number of fused-ring (bicyclic) bond motifs is 1. The molecule has 35 heavy (non-hydrogen) atoms. The predicted molar refractivity (Wildman–Crippen MR) is 137 cm³/mol. The van der Waals surface area contributed by atoms with E-state index in [1.807, 2.05) is 71.2 Å². The van der Waals surface area contributed by atoms with Gasteiger partial charge < -0.3 is 14.5 Å². The number of ether oxygens (including phenoxy) is 1. The SMILES string of the molecule is CCc1nc(N2CCCN(C(=O)c3ccc(OC)cc3)CC2)c2cnn(-c3cccc(Cl)c3)c2n1. The fourth-order valence-corrected chi connectivity index (χ4v) is 4.57. The molecule has 0 radical (unpaired) electrons. The first-order valence-corrected chi connectivity index (χ1v) is 12.1. The number of carbonyl (C=O) groups is 1. The van der Waals surface area contributed by atoms with Crippen molar-refractivity contribution in [2.75, 3.05) is 38.2 Å². The summed E-state index contributed by atoms with van der Waals surface area (Å²) in [4.78, 5) is 26.9. The van der Waals surface area contributed by atoms with E-state index in [0.717, 1.165) is 47.1 Å². The van der Waals surface area contributed by atoms with Crippen molar-refractivity contribution in [3.05, 3.63) is 71.1 Å². The quantitative estimate of drug-likeness (QED) is 0.413. The number of aryl methyl sites for hydroxylation is 1. The van der Waals surface area contributed by atoms with Gasteiger partial charge in [0.05, 0.1) is 24.4 Å². The summed E-state index contributed by atoms with van der Waals surface area (Å²) in [6, 6.07) is 14.8. The second-order valence-electron chi connectivity index (χ2n) is 8.45. The van der Waals surface area contributed by atoms with Crippen LogP contribution in [0.25, 0.3) is 16.7 Å². The van der Waals surface area contributed by atoms with E-state index in [2.05, 4.69) is 10.00 Å². The topological polar surface area (TPSA) is 76.4 Å². The molecule has 1 fully saturated rings. The predicted octanol–water partition coefficient (Wildman–Crippen LogP) is 4.39. The molecule has 0 N–H and O–H groups in total. The third-order valence-corrected chi connectivity index (χ3v) is 6.48. The maximum absolute atomic E-state index is 13.1. The highest BCUT2D eigenvalue weighted by molar-refractivity contribution is 6.30. The second kappa shape index (κ2) is 9.92. The van der Waals surface area contributed by atoms with Gasteiger partial charge in [-0.25, -0.2) is 14.6 Å². The summed E-state index contributed by atoms with van der Waals surface area (Å²) in [6.45, 7) is 4.82. The van der Waals surface area contributed by atoms with Gasteiger partial charge in [-0.3, -0.25) is 4.79 Å². The van der Waals surface area contributed by atoms with Crippen LogP contribution in [0.1, 0.15) is 29.5 Å². The van der Waals surface area contributed by atoms with Crippen LogP contribution in [-0.4, -0.2) is 63.8 Å². The minimum absolute atomic E-state index is 0.0327. The molecule has 0 bridgehead atoms. The molecule has 1 amide bonds. The number of halogens is 1. The minimum atomic E-state index is 0.0327. The Morgan fingerprint density at radius 1 is 1.06 bits per heavy atom. The van der Waals surface area contributed by atoms with Crippen molar-refractivity contribution in [2.45, 2.75) is 19.8 Å². The van der Waals surface area contributed by atoms with Crippen LogP contribution in [0.15, 0.2) is 54.7 Å². The van der Waals surface area contributed by atoms with Crippen LogP contribution in [0.3, 0.4) is 0 Å². The Kier molecular flexibility index (Phi) is 6.55. The van der Waals surface area contributed by atoms with Gasteiger partial charge in [0.25, 0.3) is 5.91 Å². The van der Waals surface area contributed by atoms with Crippen LogP contribution in [-0.2, 0) is 6.42 Å². The summed E-state index contributed by atoms with van der Waals surface area (Å²) in [6.07, 6.45) is 3.37. The normalized spacial score (nSPS) is 14.3. The lowest BCUT2D eigenvalue weighted by Crippen LogP contribution is -2.35. The summed E-state index contributed by atoms with van der Waals surface area (Å²) < 4.78 is 7.02. The fraction of sp³-hybridized carbons (Fsp3) is 0.308. The molecule has 1 saturated heterocycles. The number of amides is 1. The summed E-state index contributed by atoms with van der Waals surface area (Å²) in [7, 11) is 1.62. The zero-order valence-corrected chi connectivity index (χ0v) is 20.6. The summed E-state index contributed by atoms with van der Waals surface area (Å²) in [5.41, 5.74) is 2.27. The highest BCUT2D eigenvalue weighted by Gasteiger charge is 2.24. The van der Waals surface area contributed by atoms with Gasteiger partial charge in [-0.15, -0.1) is 0 Å². The first-order valence-electron chi connectivity index (χ1n) is 11.8. The lowest BCUT2D eigenvalue weighted by atomic mass is 10.2. The van der Waals surface area contributed by atoms with Crippen LogP contribution < -0.4 is 9.64 Å². The number of carbonyl (C=O) groups excluding carboxylic acids is 1. The number of aromatic nitrogens is 4. The van der Waals surface area contributed by atoms with Gasteiger partial charge in [0.2, 0.25) is 0 Å². The molecule has 4 aromatic rings. The van der Waals surface area contributed by atoms with Gasteiger partial charge in [-0.05, 0) is 48.9 Å². The average molecular weight is 491 g/mol. The Balaban J connectivity index is 1.42. The molecular weight excluding hydrogens is 464 g/mol. The van der Waals surface area contributed by atoms with Crippen LogP contribution in [0, 0.1) is 0 Å². The Morgan fingerprint density at radius 2 is 1.89 bits per heavy atom. The molecule has 3 heterocycles. The molecule has 0 spiro atoms. The first-order chi connectivity index (χ1) is 17.1. The standard InChI is InChI=1S/C26H27ClN6O2/c1-3-23-29-24(22-17-28-33(25(22)30-23)20-7-4-6-19(27)16-20)31-12-5-13-32(15-14-31)26(34)18-8-10-21(35-2)11-9-18/h4,6-11,16-17H,3,5,12-15H2,1-2H3. The lowest BCUT2D eigenvalue weighted by Gasteiger charge is -2.24. The maximum atomic E-state index is 13.1. The van der Waals surface area contributed by atoms with Crippen molar-refractivity contribution in [2.24, 2.45) is 0 Å². The van der Waals surface area contributed by atoms with Crippen molar-refractivity contribution in [3.63, 3.8) is 0 Å². The number of nitrogens with zero attached hydrogens (tertiary/aromatic N) is 6. The van der Waals surface area contributed by atoms with E-state index in [1.54, 1.807) is 7.11 Å². The van der Waals surface area contributed by atoms with Crippen molar-refractivity contribution in [1.29, 1.82) is 0 Å². The maximum Gasteiger partial charge on any atom is 0.253 e. The van der Waals surface area contributed by atoms with E-state index in [9.17, 15) is 4.79 Å². The zero-order chi connectivity index (χ0) is 24.4. The van der Waals surface area contributed by atoms with Gasteiger partial charge in [0.15, 0.2) is 5.65 Å². The fourth-order valence-electron chi connectivity index (χ4n) is 4.38. The summed E-state index contributed by atoms with van der Waals surface area (Å²) in [5.74, 6) is 2.39. The third kappa shape index (κ3) is 4.66. The minimum Gasteiger partial charge on any atom is -0.497 e. The van der Waals surface area contributed by atoms with Gasteiger partial charge in [-0.1, -0.05) is 24.6 Å². The highest BCUT2D eigenvalue weighted by atomic mass is 35.5. The van der Waals surface area contributed by atoms with Crippen LogP contribution in [0.2, 0.25) is 5.02 Å². The zero-order valence-electron chi connectivity index (χ0n) is 19.8. The number of benzene rings is 2. The van der Waals surface area contributed by atoms with E-state index in [1.165, 1.54) is 0 Å². The number of anilines is 1. The summed E-state index contributed by atoms with van der Waals surface area (Å²) >= 11 is 6.22. The smallest absolute Gasteiger partial charge is 0.253 e. The summed E-state index contributed by atoms with van der Waals surface area (Å²) in [5, 5.41) is 6.14. The van der Waals surface area contributed by atoms with Crippen molar-refractivity contribution in [1.82, 2.24) is 24.6 Å². The van der Waals surface area contributed by atoms with Gasteiger partial charge >= 0.3 is 0 Å². The molecule has 5 rings (SSSR count). The number of hydrogen-bond acceptors (Lipinski definition) is 6. The largest absolute Gasteiger partial charge is 0.497 e. The van der Waals surface area contributed by atoms with E-state index in [0.29, 0.717) is 36.6 Å². The Morgan fingerprint density at radius 3 is 2.63 bits per heavy atom. The molecule has 180 valence electrons. The van der Waals surface area contributed by atoms with Crippen LogP contribution in [0.4, 0.5) is 5.82 Å². The second-order valence-corrected chi connectivity index (χ2v) is 8.89. The van der Waals surface area contributed by atoms with Crippen molar-refractivity contribution in [3.8, 4) is 11.4 Å². The van der Waals surface area contributed by atoms with Gasteiger partial charge in [0, 0.05) is 43.2 Å². The van der Waals surface area contributed by atoms with Crippen molar-refractivity contribution >= 4 is 34.4 Å². The molecule has 2 aromatic carbocycles. The monoisotopic (exact) mass is 490 g/mol. The lowest BCUT2D eigenvalue weighted by molar-refractivity contribution is 0.0767. The molecule has 8 nitrogen and oxygen atoms in total. The molecule has 0 aliphatic carbocycles. The Labute approximate surface area is 209 Å². The molecule has 1 aliphatic rings. The Bertz CT molecular complexity index is 1350. The molecule has 1 aliphatic heterocycles. The molecule has 0 atom stereocenters.